The van der Waals surface area contributed by atoms with E-state index in [1.165, 1.54) is 38.6 Å². The first-order chi connectivity index (χ1) is 7.34. The summed E-state index contributed by atoms with van der Waals surface area (Å²) in [5.74, 6) is 2.68. The summed E-state index contributed by atoms with van der Waals surface area (Å²) < 4.78 is 0. The van der Waals surface area contributed by atoms with Crippen molar-refractivity contribution in [1.82, 2.24) is 5.32 Å². The van der Waals surface area contributed by atoms with E-state index >= 15 is 0 Å². The smallest absolute Gasteiger partial charge is 0.0199 e. The first-order valence-electron chi connectivity index (χ1n) is 6.53. The van der Waals surface area contributed by atoms with Gasteiger partial charge in [-0.15, -0.1) is 5.73 Å². The molecule has 1 aliphatic heterocycles. The molecular formula is C14H21N. The summed E-state index contributed by atoms with van der Waals surface area (Å²) in [4.78, 5) is 0. The molecule has 3 rings (SSSR count). The van der Waals surface area contributed by atoms with Crippen molar-refractivity contribution in [2.24, 2.45) is 17.8 Å². The Kier molecular flexibility index (Phi) is 2.46. The second-order valence-electron chi connectivity index (χ2n) is 5.59. The van der Waals surface area contributed by atoms with Crippen molar-refractivity contribution in [2.75, 3.05) is 6.54 Å². The molecule has 1 heterocycles. The lowest BCUT2D eigenvalue weighted by molar-refractivity contribution is 0.480. The Morgan fingerprint density at radius 1 is 1.53 bits per heavy atom. The highest BCUT2D eigenvalue weighted by atomic mass is 15.1. The van der Waals surface area contributed by atoms with E-state index in [9.17, 15) is 0 Å². The third-order valence-electron chi connectivity index (χ3n) is 4.18. The van der Waals surface area contributed by atoms with Gasteiger partial charge < -0.3 is 5.32 Å². The minimum atomic E-state index is 0.832. The Labute approximate surface area is 92.6 Å². The highest BCUT2D eigenvalue weighted by Crippen LogP contribution is 2.48. The minimum absolute atomic E-state index is 0.832. The predicted molar refractivity (Wildman–Crippen MR) is 62.6 cm³/mol. The Balaban J connectivity index is 1.74. The van der Waals surface area contributed by atoms with Gasteiger partial charge in [0, 0.05) is 12.6 Å². The van der Waals surface area contributed by atoms with Crippen molar-refractivity contribution in [3.05, 3.63) is 17.4 Å². The first kappa shape index (κ1) is 9.69. The van der Waals surface area contributed by atoms with Crippen LogP contribution in [-0.2, 0) is 0 Å². The minimum Gasteiger partial charge on any atom is -0.311 e. The van der Waals surface area contributed by atoms with Gasteiger partial charge in [0.15, 0.2) is 0 Å². The van der Waals surface area contributed by atoms with E-state index in [1.54, 1.807) is 5.57 Å². The Hall–Kier alpha value is -0.520. The summed E-state index contributed by atoms with van der Waals surface area (Å²) in [5, 5.41) is 3.44. The van der Waals surface area contributed by atoms with Crippen molar-refractivity contribution in [2.45, 2.75) is 45.1 Å². The van der Waals surface area contributed by atoms with E-state index in [1.807, 2.05) is 0 Å². The fourth-order valence-electron chi connectivity index (χ4n) is 2.93. The third kappa shape index (κ3) is 2.19. The average Bonchev–Trinajstić information content (AvgIpc) is 3.04. The summed E-state index contributed by atoms with van der Waals surface area (Å²) in [7, 11) is 0. The molecule has 2 aliphatic carbocycles. The maximum Gasteiger partial charge on any atom is 0.0199 e. The number of nitrogens with one attached hydrogen (secondary N) is 1. The number of rotatable bonds is 3. The first-order valence-corrected chi connectivity index (χ1v) is 6.53. The lowest BCUT2D eigenvalue weighted by Crippen LogP contribution is -2.10. The molecule has 0 aromatic heterocycles. The maximum atomic E-state index is 3.62. The van der Waals surface area contributed by atoms with Crippen LogP contribution in [0.1, 0.15) is 39.0 Å². The monoisotopic (exact) mass is 203 g/mol. The van der Waals surface area contributed by atoms with Crippen molar-refractivity contribution < 1.29 is 0 Å². The van der Waals surface area contributed by atoms with Gasteiger partial charge in [0.1, 0.15) is 0 Å². The second-order valence-corrected chi connectivity index (χ2v) is 5.59. The van der Waals surface area contributed by atoms with Crippen LogP contribution < -0.4 is 5.32 Å². The van der Waals surface area contributed by atoms with Crippen LogP contribution in [0, 0.1) is 17.8 Å². The van der Waals surface area contributed by atoms with Gasteiger partial charge in [-0.25, -0.2) is 0 Å². The van der Waals surface area contributed by atoms with Gasteiger partial charge in [-0.3, -0.25) is 0 Å². The second kappa shape index (κ2) is 3.81. The fourth-order valence-corrected chi connectivity index (χ4v) is 2.93. The topological polar surface area (TPSA) is 21.9 Å². The number of hydrogen-bond acceptors (Lipinski definition) is 1. The van der Waals surface area contributed by atoms with Crippen LogP contribution in [0.2, 0.25) is 0 Å². The molecule has 15 heavy (non-hydrogen) atoms. The standard InChI is InChI=1S/C14H21N/c1-10-7-14(10)13-6-4-2-3-5-11(13)8-12-9-15-12/h4,10-12,14-15H,2-3,5,7-9H2,1H3. The van der Waals surface area contributed by atoms with Crippen molar-refractivity contribution in [1.29, 1.82) is 0 Å². The molecule has 82 valence electrons. The van der Waals surface area contributed by atoms with Crippen LogP contribution >= 0.6 is 0 Å². The predicted octanol–water partition coefficient (Wildman–Crippen LogP) is 2.89. The molecule has 0 aromatic rings. The molecule has 0 spiro atoms. The van der Waals surface area contributed by atoms with Crippen LogP contribution in [0.15, 0.2) is 17.4 Å². The van der Waals surface area contributed by atoms with E-state index in [4.69, 9.17) is 0 Å². The number of hydrogen-bond donors (Lipinski definition) is 1. The van der Waals surface area contributed by atoms with Gasteiger partial charge in [0.05, 0.1) is 0 Å². The van der Waals surface area contributed by atoms with Crippen LogP contribution in [0.4, 0.5) is 0 Å². The fraction of sp³-hybridized carbons (Fsp3) is 0.786. The molecule has 0 amide bonds. The summed E-state index contributed by atoms with van der Waals surface area (Å²) in [6, 6.07) is 0.832. The highest BCUT2D eigenvalue weighted by Gasteiger charge is 2.40. The van der Waals surface area contributed by atoms with Crippen LogP contribution in [0.5, 0.6) is 0 Å². The average molecular weight is 203 g/mol. The molecule has 0 aromatic carbocycles. The molecule has 1 nitrogen and oxygen atoms in total. The quantitative estimate of drug-likeness (QED) is 0.553. The lowest BCUT2D eigenvalue weighted by atomic mass is 9.87. The Morgan fingerprint density at radius 3 is 3.00 bits per heavy atom. The molecule has 3 aliphatic rings. The van der Waals surface area contributed by atoms with Gasteiger partial charge in [-0.2, -0.15) is 0 Å². The molecule has 0 radical (unpaired) electrons. The SMILES string of the molecule is CC1CC1C1=C=CCCCC1CC1CN1. The van der Waals surface area contributed by atoms with Gasteiger partial charge in [-0.1, -0.05) is 6.92 Å². The molecule has 1 saturated carbocycles. The molecule has 1 heteroatoms. The van der Waals surface area contributed by atoms with E-state index in [2.05, 4.69) is 24.0 Å². The van der Waals surface area contributed by atoms with Gasteiger partial charge in [0.2, 0.25) is 0 Å². The van der Waals surface area contributed by atoms with E-state index < -0.39 is 0 Å². The largest absolute Gasteiger partial charge is 0.311 e. The summed E-state index contributed by atoms with van der Waals surface area (Å²) in [5.41, 5.74) is 5.30. The van der Waals surface area contributed by atoms with Crippen molar-refractivity contribution in [3.8, 4) is 0 Å². The van der Waals surface area contributed by atoms with Gasteiger partial charge in [-0.05, 0) is 61.5 Å². The summed E-state index contributed by atoms with van der Waals surface area (Å²) >= 11 is 0. The molecule has 4 unspecified atom stereocenters. The highest BCUT2D eigenvalue weighted by molar-refractivity contribution is 5.20. The summed E-state index contributed by atoms with van der Waals surface area (Å²) in [6.07, 6.45) is 9.11. The normalized spacial score (nSPS) is 43.4. The third-order valence-corrected chi connectivity index (χ3v) is 4.18. The molecular weight excluding hydrogens is 182 g/mol. The van der Waals surface area contributed by atoms with Crippen LogP contribution in [-0.4, -0.2) is 12.6 Å². The van der Waals surface area contributed by atoms with Crippen molar-refractivity contribution >= 4 is 0 Å². The van der Waals surface area contributed by atoms with E-state index in [-0.39, 0.29) is 0 Å². The Morgan fingerprint density at radius 2 is 2.33 bits per heavy atom. The van der Waals surface area contributed by atoms with Crippen LogP contribution in [0.25, 0.3) is 0 Å². The maximum absolute atomic E-state index is 3.62. The lowest BCUT2D eigenvalue weighted by Gasteiger charge is -2.17. The molecule has 2 fully saturated rings. The van der Waals surface area contributed by atoms with Crippen LogP contribution in [0.3, 0.4) is 0 Å². The molecule has 4 atom stereocenters. The number of allylic oxidation sites excluding steroid dienone is 1. The zero-order chi connectivity index (χ0) is 10.3. The van der Waals surface area contributed by atoms with Crippen molar-refractivity contribution in [3.63, 3.8) is 0 Å². The molecule has 1 saturated heterocycles. The zero-order valence-electron chi connectivity index (χ0n) is 9.63. The van der Waals surface area contributed by atoms with Gasteiger partial charge in [0.25, 0.3) is 0 Å². The van der Waals surface area contributed by atoms with E-state index in [0.717, 1.165) is 23.8 Å². The summed E-state index contributed by atoms with van der Waals surface area (Å²) in [6.45, 7) is 3.64. The molecule has 0 bridgehead atoms. The van der Waals surface area contributed by atoms with E-state index in [0.29, 0.717) is 0 Å². The van der Waals surface area contributed by atoms with Gasteiger partial charge >= 0.3 is 0 Å². The zero-order valence-corrected chi connectivity index (χ0v) is 9.63. The molecule has 1 N–H and O–H groups in total. The Bertz CT molecular complexity index is 307.